The summed E-state index contributed by atoms with van der Waals surface area (Å²) in [6.45, 7) is 0. The molecule has 1 N–H and O–H groups in total. The zero-order valence-corrected chi connectivity index (χ0v) is 10.8. The van der Waals surface area contributed by atoms with Gasteiger partial charge in [-0.1, -0.05) is 12.8 Å². The van der Waals surface area contributed by atoms with Gasteiger partial charge in [0.05, 0.1) is 6.26 Å². The zero-order valence-electron chi connectivity index (χ0n) is 10.8. The largest absolute Gasteiger partial charge is 0.462 e. The van der Waals surface area contributed by atoms with Gasteiger partial charge in [-0.2, -0.15) is 0 Å². The predicted octanol–water partition coefficient (Wildman–Crippen LogP) is 1.73. The van der Waals surface area contributed by atoms with E-state index in [0.29, 0.717) is 11.7 Å². The fourth-order valence-corrected chi connectivity index (χ4v) is 2.63. The molecule has 2 aromatic rings. The van der Waals surface area contributed by atoms with Crippen molar-refractivity contribution in [1.82, 2.24) is 14.9 Å². The number of aromatic nitrogens is 3. The van der Waals surface area contributed by atoms with E-state index in [4.69, 9.17) is 4.42 Å². The second-order valence-electron chi connectivity index (χ2n) is 4.73. The third-order valence-corrected chi connectivity index (χ3v) is 3.59. The van der Waals surface area contributed by atoms with Crippen LogP contribution >= 0.6 is 0 Å². The molecule has 0 saturated heterocycles. The van der Waals surface area contributed by atoms with Crippen LogP contribution in [0, 0.1) is 0 Å². The number of furan rings is 1. The van der Waals surface area contributed by atoms with Crippen molar-refractivity contribution in [2.24, 2.45) is 0 Å². The van der Waals surface area contributed by atoms with Gasteiger partial charge in [-0.05, 0) is 25.0 Å². The van der Waals surface area contributed by atoms with E-state index in [1.165, 1.54) is 23.8 Å². The van der Waals surface area contributed by atoms with Crippen molar-refractivity contribution in [3.8, 4) is 11.5 Å². The molecule has 2 heterocycles. The Kier molecular flexibility index (Phi) is 3.06. The van der Waals surface area contributed by atoms with Crippen LogP contribution in [0.2, 0.25) is 0 Å². The monoisotopic (exact) mass is 260 g/mol. The van der Waals surface area contributed by atoms with Gasteiger partial charge in [0, 0.05) is 13.0 Å². The fourth-order valence-electron chi connectivity index (χ4n) is 2.63. The highest BCUT2D eigenvalue weighted by atomic mass is 16.3. The lowest BCUT2D eigenvalue weighted by Crippen LogP contribution is -2.34. The first-order valence-corrected chi connectivity index (χ1v) is 6.52. The van der Waals surface area contributed by atoms with Crippen molar-refractivity contribution in [1.29, 1.82) is 0 Å². The minimum absolute atomic E-state index is 0.214. The molecule has 0 unspecified atom stereocenters. The summed E-state index contributed by atoms with van der Waals surface area (Å²) in [6.07, 6.45) is 6.02. The van der Waals surface area contributed by atoms with E-state index in [1.54, 1.807) is 19.2 Å². The predicted molar refractivity (Wildman–Crippen MR) is 70.5 cm³/mol. The Hall–Kier alpha value is -2.11. The Morgan fingerprint density at radius 1 is 1.37 bits per heavy atom. The molecule has 3 rings (SSSR count). The molecule has 19 heavy (non-hydrogen) atoms. The fraction of sp³-hybridized carbons (Fsp3) is 0.462. The maximum Gasteiger partial charge on any atom is 0.302 e. The van der Waals surface area contributed by atoms with Crippen LogP contribution in [0.25, 0.3) is 11.5 Å². The molecule has 0 bridgehead atoms. The average Bonchev–Trinajstić information content (AvgIpc) is 3.11. The molecule has 6 heteroatoms. The zero-order chi connectivity index (χ0) is 13.2. The van der Waals surface area contributed by atoms with Crippen LogP contribution < -0.4 is 11.0 Å². The van der Waals surface area contributed by atoms with Gasteiger partial charge < -0.3 is 9.84 Å². The summed E-state index contributed by atoms with van der Waals surface area (Å²) < 4.78 is 6.71. The van der Waals surface area contributed by atoms with E-state index in [9.17, 15) is 4.79 Å². The molecular formula is C13H16N4O2. The Bertz CT molecular complexity index is 612. The summed E-state index contributed by atoms with van der Waals surface area (Å²) in [5, 5.41) is 8.30. The maximum absolute atomic E-state index is 12.4. The minimum atomic E-state index is -0.214. The van der Waals surface area contributed by atoms with Gasteiger partial charge in [0.1, 0.15) is 0 Å². The van der Waals surface area contributed by atoms with Crippen LogP contribution in [0.15, 0.2) is 27.6 Å². The first kappa shape index (κ1) is 12.0. The minimum Gasteiger partial charge on any atom is -0.462 e. The Labute approximate surface area is 110 Å². The Morgan fingerprint density at radius 3 is 2.79 bits per heavy atom. The molecule has 1 fully saturated rings. The smallest absolute Gasteiger partial charge is 0.302 e. The van der Waals surface area contributed by atoms with Gasteiger partial charge in [0.2, 0.25) is 0 Å². The highest BCUT2D eigenvalue weighted by Gasteiger charge is 2.24. The lowest BCUT2D eigenvalue weighted by Gasteiger charge is -2.15. The highest BCUT2D eigenvalue weighted by Crippen LogP contribution is 2.32. The van der Waals surface area contributed by atoms with Gasteiger partial charge in [0.25, 0.3) is 0 Å². The Balaban J connectivity index is 2.09. The van der Waals surface area contributed by atoms with Gasteiger partial charge in [-0.15, -0.1) is 10.2 Å². The Morgan fingerprint density at radius 2 is 2.16 bits per heavy atom. The number of hydrogen-bond donors (Lipinski definition) is 1. The van der Waals surface area contributed by atoms with Crippen molar-refractivity contribution in [3.63, 3.8) is 0 Å². The second-order valence-corrected chi connectivity index (χ2v) is 4.73. The molecular weight excluding hydrogens is 244 g/mol. The number of nitrogens with zero attached hydrogens (tertiary/aromatic N) is 3. The average molecular weight is 260 g/mol. The second kappa shape index (κ2) is 4.87. The summed E-state index contributed by atoms with van der Waals surface area (Å²) in [7, 11) is 1.72. The third-order valence-electron chi connectivity index (χ3n) is 3.59. The van der Waals surface area contributed by atoms with E-state index in [1.807, 2.05) is 0 Å². The van der Waals surface area contributed by atoms with Crippen molar-refractivity contribution in [3.05, 3.63) is 34.6 Å². The van der Waals surface area contributed by atoms with E-state index >= 15 is 0 Å². The molecule has 6 nitrogen and oxygen atoms in total. The quantitative estimate of drug-likeness (QED) is 0.909. The first-order chi connectivity index (χ1) is 9.31. The van der Waals surface area contributed by atoms with Crippen molar-refractivity contribution >= 4 is 0 Å². The van der Waals surface area contributed by atoms with Gasteiger partial charge >= 0.3 is 5.56 Å². The van der Waals surface area contributed by atoms with Crippen molar-refractivity contribution in [2.45, 2.75) is 31.6 Å². The molecule has 1 aliphatic carbocycles. The van der Waals surface area contributed by atoms with E-state index in [0.717, 1.165) is 18.7 Å². The van der Waals surface area contributed by atoms with Crippen LogP contribution in [0.3, 0.4) is 0 Å². The molecule has 2 aromatic heterocycles. The van der Waals surface area contributed by atoms with Crippen molar-refractivity contribution in [2.75, 3.05) is 12.5 Å². The van der Waals surface area contributed by atoms with Gasteiger partial charge in [-0.3, -0.25) is 4.79 Å². The standard InChI is InChI=1S/C13H16N4O2/c1-14-17-12(9-5-2-3-6-9)16-15-11(13(17)18)10-7-4-8-19-10/h4,7-9,14H,2-3,5-6H2,1H3. The van der Waals surface area contributed by atoms with Crippen LogP contribution in [0.5, 0.6) is 0 Å². The first-order valence-electron chi connectivity index (χ1n) is 6.52. The molecule has 100 valence electrons. The summed E-state index contributed by atoms with van der Waals surface area (Å²) in [6, 6.07) is 3.44. The lowest BCUT2D eigenvalue weighted by atomic mass is 10.1. The SMILES string of the molecule is CNn1c(C2CCCC2)nnc(-c2ccco2)c1=O. The molecule has 1 saturated carbocycles. The third kappa shape index (κ3) is 2.03. The molecule has 0 aliphatic heterocycles. The summed E-state index contributed by atoms with van der Waals surface area (Å²) in [5.41, 5.74) is 2.93. The topological polar surface area (TPSA) is 73.0 Å². The maximum atomic E-state index is 12.4. The summed E-state index contributed by atoms with van der Waals surface area (Å²) in [5.74, 6) is 1.48. The van der Waals surface area contributed by atoms with E-state index in [-0.39, 0.29) is 11.3 Å². The van der Waals surface area contributed by atoms with E-state index in [2.05, 4.69) is 15.6 Å². The van der Waals surface area contributed by atoms with Gasteiger partial charge in [0.15, 0.2) is 17.3 Å². The number of hydrogen-bond acceptors (Lipinski definition) is 5. The number of nitrogens with one attached hydrogen (secondary N) is 1. The number of rotatable bonds is 3. The summed E-state index contributed by atoms with van der Waals surface area (Å²) >= 11 is 0. The molecule has 1 aliphatic rings. The molecule has 0 aromatic carbocycles. The van der Waals surface area contributed by atoms with Crippen molar-refractivity contribution < 1.29 is 4.42 Å². The highest BCUT2D eigenvalue weighted by molar-refractivity contribution is 5.49. The molecule has 0 radical (unpaired) electrons. The molecule has 0 spiro atoms. The van der Waals surface area contributed by atoms with Crippen LogP contribution in [0.1, 0.15) is 37.4 Å². The van der Waals surface area contributed by atoms with Crippen LogP contribution in [0.4, 0.5) is 0 Å². The van der Waals surface area contributed by atoms with Crippen LogP contribution in [-0.4, -0.2) is 21.9 Å². The van der Waals surface area contributed by atoms with Crippen LogP contribution in [-0.2, 0) is 0 Å². The molecule has 0 atom stereocenters. The molecule has 0 amide bonds. The van der Waals surface area contributed by atoms with Gasteiger partial charge in [-0.25, -0.2) is 4.68 Å². The van der Waals surface area contributed by atoms with E-state index < -0.39 is 0 Å². The lowest BCUT2D eigenvalue weighted by molar-refractivity contribution is 0.561. The summed E-state index contributed by atoms with van der Waals surface area (Å²) in [4.78, 5) is 12.4. The normalized spacial score (nSPS) is 15.8.